The molecule has 0 radical (unpaired) electrons. The van der Waals surface area contributed by atoms with E-state index in [-0.39, 0.29) is 16.7 Å². The van der Waals surface area contributed by atoms with Gasteiger partial charge in [0.25, 0.3) is 0 Å². The van der Waals surface area contributed by atoms with Crippen molar-refractivity contribution >= 4 is 28.4 Å². The standard InChI is InChI=1S/C10H8F3N3S/c11-10(12,13)17-7-2-1-6-3-4-15-9(16-14)8(6)5-7/h1-5H,14H2,(H,15,16). The number of aromatic nitrogens is 1. The molecule has 0 spiro atoms. The van der Waals surface area contributed by atoms with Crippen LogP contribution >= 0.6 is 11.8 Å². The molecule has 0 atom stereocenters. The second-order valence-electron chi connectivity index (χ2n) is 3.23. The Balaban J connectivity index is 2.48. The first-order chi connectivity index (χ1) is 7.99. The van der Waals surface area contributed by atoms with Gasteiger partial charge in [0.05, 0.1) is 0 Å². The van der Waals surface area contributed by atoms with Crippen molar-refractivity contribution in [3.8, 4) is 0 Å². The summed E-state index contributed by atoms with van der Waals surface area (Å²) in [6.45, 7) is 0. The van der Waals surface area contributed by atoms with Crippen LogP contribution in [0.1, 0.15) is 0 Å². The first kappa shape index (κ1) is 12.0. The highest BCUT2D eigenvalue weighted by atomic mass is 32.2. The molecule has 3 N–H and O–H groups in total. The number of hydrogen-bond acceptors (Lipinski definition) is 4. The van der Waals surface area contributed by atoms with Crippen LogP contribution in [0.25, 0.3) is 10.8 Å². The first-order valence-corrected chi connectivity index (χ1v) is 5.42. The molecular formula is C10H8F3N3S. The molecule has 3 nitrogen and oxygen atoms in total. The number of alkyl halides is 3. The van der Waals surface area contributed by atoms with Crippen LogP contribution in [-0.2, 0) is 0 Å². The van der Waals surface area contributed by atoms with Crippen molar-refractivity contribution in [1.82, 2.24) is 4.98 Å². The largest absolute Gasteiger partial charge is 0.446 e. The lowest BCUT2D eigenvalue weighted by atomic mass is 10.1. The summed E-state index contributed by atoms with van der Waals surface area (Å²) in [5.41, 5.74) is -1.94. The number of nitrogens with zero attached hydrogens (tertiary/aromatic N) is 1. The Kier molecular flexibility index (Phi) is 3.12. The molecule has 17 heavy (non-hydrogen) atoms. The van der Waals surface area contributed by atoms with Crippen molar-refractivity contribution in [2.24, 2.45) is 5.84 Å². The van der Waals surface area contributed by atoms with Gasteiger partial charge in [0.1, 0.15) is 5.82 Å². The van der Waals surface area contributed by atoms with E-state index in [1.807, 2.05) is 0 Å². The maximum absolute atomic E-state index is 12.2. The SMILES string of the molecule is NNc1nccc2ccc(SC(F)(F)F)cc12. The van der Waals surface area contributed by atoms with E-state index in [0.717, 1.165) is 5.39 Å². The summed E-state index contributed by atoms with van der Waals surface area (Å²) in [6.07, 6.45) is 1.54. The van der Waals surface area contributed by atoms with Crippen LogP contribution < -0.4 is 11.3 Å². The number of nitrogens with one attached hydrogen (secondary N) is 1. The summed E-state index contributed by atoms with van der Waals surface area (Å²) in [7, 11) is 0. The molecule has 0 fully saturated rings. The van der Waals surface area contributed by atoms with E-state index in [4.69, 9.17) is 5.84 Å². The van der Waals surface area contributed by atoms with Crippen LogP contribution in [0.15, 0.2) is 35.4 Å². The Bertz CT molecular complexity index is 542. The van der Waals surface area contributed by atoms with Crippen molar-refractivity contribution in [3.05, 3.63) is 30.5 Å². The lowest BCUT2D eigenvalue weighted by molar-refractivity contribution is -0.0328. The summed E-state index contributed by atoms with van der Waals surface area (Å²) in [4.78, 5) is 4.04. The van der Waals surface area contributed by atoms with Gasteiger partial charge in [-0.1, -0.05) is 6.07 Å². The quantitative estimate of drug-likeness (QED) is 0.494. The molecule has 2 aromatic rings. The summed E-state index contributed by atoms with van der Waals surface area (Å²) in [5, 5.41) is 1.34. The zero-order valence-electron chi connectivity index (χ0n) is 8.45. The summed E-state index contributed by atoms with van der Waals surface area (Å²) in [5.74, 6) is 5.61. The second-order valence-corrected chi connectivity index (χ2v) is 4.37. The molecule has 0 aliphatic rings. The van der Waals surface area contributed by atoms with E-state index in [1.54, 1.807) is 12.1 Å². The molecule has 1 aromatic carbocycles. The molecule has 1 aromatic heterocycles. The average Bonchev–Trinajstić information content (AvgIpc) is 2.26. The maximum atomic E-state index is 12.2. The summed E-state index contributed by atoms with van der Waals surface area (Å²) in [6, 6.07) is 6.14. The molecule has 90 valence electrons. The van der Waals surface area contributed by atoms with Gasteiger partial charge >= 0.3 is 5.51 Å². The zero-order valence-corrected chi connectivity index (χ0v) is 9.27. The normalized spacial score (nSPS) is 11.8. The third kappa shape index (κ3) is 2.80. The molecule has 1 heterocycles. The maximum Gasteiger partial charge on any atom is 0.446 e. The molecule has 0 saturated heterocycles. The Morgan fingerprint density at radius 2 is 2.00 bits per heavy atom. The van der Waals surface area contributed by atoms with Crippen molar-refractivity contribution < 1.29 is 13.2 Å². The molecular weight excluding hydrogens is 251 g/mol. The van der Waals surface area contributed by atoms with Gasteiger partial charge < -0.3 is 5.43 Å². The number of hydrogen-bond donors (Lipinski definition) is 2. The van der Waals surface area contributed by atoms with Gasteiger partial charge in [-0.15, -0.1) is 0 Å². The van der Waals surface area contributed by atoms with Gasteiger partial charge in [0.15, 0.2) is 0 Å². The van der Waals surface area contributed by atoms with Crippen molar-refractivity contribution in [3.63, 3.8) is 0 Å². The zero-order chi connectivity index (χ0) is 12.5. The number of nitrogens with two attached hydrogens (primary N) is 1. The highest BCUT2D eigenvalue weighted by molar-refractivity contribution is 8.00. The molecule has 0 unspecified atom stereocenters. The number of fused-ring (bicyclic) bond motifs is 1. The van der Waals surface area contributed by atoms with Crippen LogP contribution in [0.2, 0.25) is 0 Å². The molecule has 0 bridgehead atoms. The molecule has 0 aliphatic heterocycles. The predicted octanol–water partition coefficient (Wildman–Crippen LogP) is 3.13. The van der Waals surface area contributed by atoms with E-state index >= 15 is 0 Å². The van der Waals surface area contributed by atoms with Crippen LogP contribution in [-0.4, -0.2) is 10.5 Å². The smallest absolute Gasteiger partial charge is 0.308 e. The molecule has 2 rings (SSSR count). The molecule has 0 amide bonds. The lowest BCUT2D eigenvalue weighted by Gasteiger charge is -2.08. The third-order valence-electron chi connectivity index (χ3n) is 2.11. The number of halogens is 3. The van der Waals surface area contributed by atoms with Gasteiger partial charge in [-0.25, -0.2) is 10.8 Å². The Hall–Kier alpha value is -1.47. The van der Waals surface area contributed by atoms with Gasteiger partial charge in [0, 0.05) is 16.5 Å². The van der Waals surface area contributed by atoms with Gasteiger partial charge in [-0.3, -0.25) is 0 Å². The Morgan fingerprint density at radius 1 is 1.24 bits per heavy atom. The minimum atomic E-state index is -4.30. The summed E-state index contributed by atoms with van der Waals surface area (Å²) >= 11 is -0.162. The van der Waals surface area contributed by atoms with Crippen LogP contribution in [0, 0.1) is 0 Å². The van der Waals surface area contributed by atoms with E-state index in [2.05, 4.69) is 10.4 Å². The Morgan fingerprint density at radius 3 is 2.65 bits per heavy atom. The first-order valence-electron chi connectivity index (χ1n) is 4.61. The minimum absolute atomic E-state index is 0.106. The fourth-order valence-corrected chi connectivity index (χ4v) is 2.04. The monoisotopic (exact) mass is 259 g/mol. The van der Waals surface area contributed by atoms with Crippen LogP contribution in [0.5, 0.6) is 0 Å². The van der Waals surface area contributed by atoms with Gasteiger partial charge in [-0.2, -0.15) is 13.2 Å². The van der Waals surface area contributed by atoms with Crippen molar-refractivity contribution in [2.45, 2.75) is 10.4 Å². The van der Waals surface area contributed by atoms with Crippen LogP contribution in [0.4, 0.5) is 19.0 Å². The predicted molar refractivity (Wildman–Crippen MR) is 61.5 cm³/mol. The number of anilines is 1. The Labute approximate surface area is 99.2 Å². The number of rotatable bonds is 2. The van der Waals surface area contributed by atoms with Gasteiger partial charge in [0.2, 0.25) is 0 Å². The van der Waals surface area contributed by atoms with E-state index < -0.39 is 5.51 Å². The van der Waals surface area contributed by atoms with E-state index in [0.29, 0.717) is 11.2 Å². The number of hydrazine groups is 1. The number of nitrogen functional groups attached to an aromatic ring is 1. The highest BCUT2D eigenvalue weighted by Crippen LogP contribution is 2.38. The fourth-order valence-electron chi connectivity index (χ4n) is 1.46. The number of benzene rings is 1. The summed E-state index contributed by atoms with van der Waals surface area (Å²) < 4.78 is 36.7. The second kappa shape index (κ2) is 4.42. The third-order valence-corrected chi connectivity index (χ3v) is 2.83. The van der Waals surface area contributed by atoms with Crippen molar-refractivity contribution in [1.29, 1.82) is 0 Å². The fraction of sp³-hybridized carbons (Fsp3) is 0.100. The van der Waals surface area contributed by atoms with E-state index in [9.17, 15) is 13.2 Å². The molecule has 0 aliphatic carbocycles. The van der Waals surface area contributed by atoms with Crippen LogP contribution in [0.3, 0.4) is 0 Å². The highest BCUT2D eigenvalue weighted by Gasteiger charge is 2.29. The number of pyridine rings is 1. The topological polar surface area (TPSA) is 50.9 Å². The molecule has 0 saturated carbocycles. The average molecular weight is 259 g/mol. The lowest BCUT2D eigenvalue weighted by Crippen LogP contribution is -2.08. The molecule has 7 heteroatoms. The van der Waals surface area contributed by atoms with Gasteiger partial charge in [-0.05, 0) is 35.3 Å². The van der Waals surface area contributed by atoms with E-state index in [1.165, 1.54) is 18.3 Å². The number of thioether (sulfide) groups is 1. The van der Waals surface area contributed by atoms with Crippen molar-refractivity contribution in [2.75, 3.05) is 5.43 Å². The minimum Gasteiger partial charge on any atom is -0.308 e.